The van der Waals surface area contributed by atoms with Gasteiger partial charge in [-0.1, -0.05) is 50.3 Å². The SMILES string of the molecule is CO[C@@](C(=O)O[C@@H]1[C@H]2/C=C/C(=O)[C@H](C)CCC(=O)C3=C4O[C@]1(C)[C@H](C)C[C@]42OC3=O)(c1ccccc1)C(F)(F)F. The zero-order valence-electron chi connectivity index (χ0n) is 22.4. The predicted octanol–water partition coefficient (Wildman–Crippen LogP) is 4.12. The fraction of sp³-hybridized carbons (Fsp3) is 0.517. The normalized spacial score (nSPS) is 35.8. The molecule has 0 amide bonds. The Kier molecular flexibility index (Phi) is 6.52. The number of carbonyl (C=O) groups is 4. The van der Waals surface area contributed by atoms with Gasteiger partial charge in [-0.2, -0.15) is 13.2 Å². The molecule has 1 spiro atoms. The number of methoxy groups -OCH3 is 1. The molecule has 1 aromatic rings. The Morgan fingerprint density at radius 3 is 2.38 bits per heavy atom. The summed E-state index contributed by atoms with van der Waals surface area (Å²) in [5.41, 5.74) is -7.36. The molecule has 1 saturated carbocycles. The Bertz CT molecular complexity index is 1330. The molecular weight excluding hydrogens is 533 g/mol. The van der Waals surface area contributed by atoms with Crippen LogP contribution in [0.25, 0.3) is 0 Å². The molecule has 0 aromatic heterocycles. The molecule has 0 radical (unpaired) electrons. The Morgan fingerprint density at radius 2 is 1.75 bits per heavy atom. The summed E-state index contributed by atoms with van der Waals surface area (Å²) in [6.45, 7) is 4.91. The number of fused-ring (bicyclic) bond motifs is 1. The number of hydrogen-bond acceptors (Lipinski definition) is 8. The van der Waals surface area contributed by atoms with Gasteiger partial charge >= 0.3 is 18.1 Å². The lowest BCUT2D eigenvalue weighted by Gasteiger charge is -2.60. The topological polar surface area (TPSA) is 105 Å². The molecule has 8 nitrogen and oxygen atoms in total. The van der Waals surface area contributed by atoms with Crippen LogP contribution in [-0.2, 0) is 43.7 Å². The molecule has 7 atom stereocenters. The lowest BCUT2D eigenvalue weighted by Crippen LogP contribution is -2.70. The van der Waals surface area contributed by atoms with E-state index in [-0.39, 0.29) is 36.4 Å². The van der Waals surface area contributed by atoms with E-state index in [9.17, 15) is 32.3 Å². The van der Waals surface area contributed by atoms with E-state index in [1.54, 1.807) is 20.8 Å². The van der Waals surface area contributed by atoms with Crippen molar-refractivity contribution in [3.05, 3.63) is 59.4 Å². The Morgan fingerprint density at radius 1 is 1.07 bits per heavy atom. The van der Waals surface area contributed by atoms with Gasteiger partial charge in [0, 0.05) is 37.4 Å². The van der Waals surface area contributed by atoms with Crippen LogP contribution in [0, 0.1) is 17.8 Å². The highest BCUT2D eigenvalue weighted by Gasteiger charge is 2.74. The summed E-state index contributed by atoms with van der Waals surface area (Å²) in [4.78, 5) is 52.7. The third-order valence-electron chi connectivity index (χ3n) is 8.87. The quantitative estimate of drug-likeness (QED) is 0.399. The number of Topliss-reactive ketones (excluding diaryl/α,β-unsaturated/α-hetero) is 1. The molecule has 5 aliphatic rings. The summed E-state index contributed by atoms with van der Waals surface area (Å²) in [6.07, 6.45) is -3.79. The largest absolute Gasteiger partial charge is 0.482 e. The Hall–Kier alpha value is -3.47. The lowest BCUT2D eigenvalue weighted by atomic mass is 9.58. The van der Waals surface area contributed by atoms with Gasteiger partial charge in [0.2, 0.25) is 0 Å². The zero-order valence-corrected chi connectivity index (χ0v) is 22.4. The number of ether oxygens (including phenoxy) is 4. The minimum absolute atomic E-state index is 0.0241. The highest BCUT2D eigenvalue weighted by atomic mass is 19.4. The van der Waals surface area contributed by atoms with Crippen molar-refractivity contribution in [3.63, 3.8) is 0 Å². The van der Waals surface area contributed by atoms with Crippen LogP contribution < -0.4 is 0 Å². The molecule has 3 fully saturated rings. The van der Waals surface area contributed by atoms with E-state index < -0.39 is 70.1 Å². The van der Waals surface area contributed by atoms with Gasteiger partial charge in [0.25, 0.3) is 5.60 Å². The number of hydrogen-bond donors (Lipinski definition) is 0. The lowest BCUT2D eigenvalue weighted by molar-refractivity contribution is -0.299. The van der Waals surface area contributed by atoms with Crippen LogP contribution in [0.4, 0.5) is 13.2 Å². The van der Waals surface area contributed by atoms with Gasteiger partial charge in [-0.3, -0.25) is 9.59 Å². The van der Waals surface area contributed by atoms with E-state index in [0.717, 1.165) is 19.2 Å². The number of alkyl halides is 3. The fourth-order valence-electron chi connectivity index (χ4n) is 6.36. The third kappa shape index (κ3) is 3.77. The second-order valence-corrected chi connectivity index (χ2v) is 11.1. The number of halogens is 3. The maximum absolute atomic E-state index is 14.6. The standard InChI is InChI=1S/C29H29F3O8/c1-15-10-12-20(34)21-23-27(40-24(21)35)14-16(2)26(3,39-23)22(18(27)11-13-19(15)33)38-25(36)28(37-4,29(30,31)32)17-8-6-5-7-9-17/h5-9,11,13,15-16,18,22H,10,12,14H2,1-4H3/b13-11+/t15-,16-,18-,22-,26-,27-,28-/m1/s1. The van der Waals surface area contributed by atoms with Gasteiger partial charge in [0.15, 0.2) is 29.0 Å². The molecule has 6 rings (SSSR count). The summed E-state index contributed by atoms with van der Waals surface area (Å²) in [7, 11) is 0.763. The van der Waals surface area contributed by atoms with Gasteiger partial charge in [-0.05, 0) is 19.4 Å². The molecular formula is C29H29F3O8. The summed E-state index contributed by atoms with van der Waals surface area (Å²) in [5, 5.41) is 0. The van der Waals surface area contributed by atoms with Crippen LogP contribution in [0.3, 0.4) is 0 Å². The monoisotopic (exact) mass is 562 g/mol. The van der Waals surface area contributed by atoms with Crippen LogP contribution >= 0.6 is 0 Å². The molecule has 40 heavy (non-hydrogen) atoms. The Balaban J connectivity index is 1.67. The first-order chi connectivity index (χ1) is 18.7. The van der Waals surface area contributed by atoms with Crippen LogP contribution in [0.1, 0.15) is 45.6 Å². The summed E-state index contributed by atoms with van der Waals surface area (Å²) >= 11 is 0. The smallest absolute Gasteiger partial charge is 0.432 e. The van der Waals surface area contributed by atoms with Crippen LogP contribution in [0.2, 0.25) is 0 Å². The van der Waals surface area contributed by atoms with Crippen molar-refractivity contribution in [1.29, 1.82) is 0 Å². The molecule has 3 aliphatic heterocycles. The van der Waals surface area contributed by atoms with Gasteiger partial charge in [-0.25, -0.2) is 9.59 Å². The minimum Gasteiger partial charge on any atom is -0.482 e. The van der Waals surface area contributed by atoms with Crippen molar-refractivity contribution in [3.8, 4) is 0 Å². The van der Waals surface area contributed by atoms with Crippen molar-refractivity contribution in [2.24, 2.45) is 17.8 Å². The maximum atomic E-state index is 14.6. The summed E-state index contributed by atoms with van der Waals surface area (Å²) < 4.78 is 66.6. The van der Waals surface area contributed by atoms with E-state index in [4.69, 9.17) is 18.9 Å². The molecule has 2 saturated heterocycles. The number of carbonyl (C=O) groups excluding carboxylic acids is 4. The predicted molar refractivity (Wildman–Crippen MR) is 131 cm³/mol. The highest BCUT2D eigenvalue weighted by Crippen LogP contribution is 2.61. The molecule has 11 heteroatoms. The van der Waals surface area contributed by atoms with Crippen molar-refractivity contribution in [1.82, 2.24) is 0 Å². The second kappa shape index (κ2) is 9.29. The van der Waals surface area contributed by atoms with E-state index in [1.807, 2.05) is 0 Å². The van der Waals surface area contributed by atoms with Gasteiger partial charge < -0.3 is 18.9 Å². The number of esters is 2. The summed E-state index contributed by atoms with van der Waals surface area (Å²) in [6, 6.07) is 6.38. The Labute approximate surface area is 228 Å². The number of ketones is 2. The highest BCUT2D eigenvalue weighted by molar-refractivity contribution is 6.19. The molecule has 2 aliphatic carbocycles. The molecule has 5 bridgehead atoms. The van der Waals surface area contributed by atoms with Crippen molar-refractivity contribution < 1.29 is 51.3 Å². The van der Waals surface area contributed by atoms with Crippen LogP contribution in [-0.4, -0.2) is 54.1 Å². The number of allylic oxidation sites excluding steroid dienone is 1. The van der Waals surface area contributed by atoms with E-state index in [1.165, 1.54) is 30.4 Å². The minimum atomic E-state index is -5.22. The first-order valence-corrected chi connectivity index (χ1v) is 13.0. The first kappa shape index (κ1) is 28.1. The van der Waals surface area contributed by atoms with Gasteiger partial charge in [0.1, 0.15) is 11.2 Å². The molecule has 214 valence electrons. The van der Waals surface area contributed by atoms with Crippen LogP contribution in [0.15, 0.2) is 53.8 Å². The molecule has 1 aromatic carbocycles. The van der Waals surface area contributed by atoms with Gasteiger partial charge in [-0.15, -0.1) is 0 Å². The molecule has 0 unspecified atom stereocenters. The van der Waals surface area contributed by atoms with Gasteiger partial charge in [0.05, 0.1) is 5.92 Å². The molecule has 3 heterocycles. The molecule has 0 N–H and O–H groups in total. The summed E-state index contributed by atoms with van der Waals surface area (Å²) in [5.74, 6) is -5.73. The zero-order chi connectivity index (χ0) is 29.3. The third-order valence-corrected chi connectivity index (χ3v) is 8.87. The van der Waals surface area contributed by atoms with E-state index >= 15 is 0 Å². The van der Waals surface area contributed by atoms with Crippen molar-refractivity contribution in [2.45, 2.75) is 69.1 Å². The van der Waals surface area contributed by atoms with E-state index in [2.05, 4.69) is 0 Å². The maximum Gasteiger partial charge on any atom is 0.432 e. The number of rotatable bonds is 4. The average Bonchev–Trinajstić information content (AvgIpc) is 3.17. The van der Waals surface area contributed by atoms with E-state index in [0.29, 0.717) is 0 Å². The van der Waals surface area contributed by atoms with Crippen LogP contribution in [0.5, 0.6) is 0 Å². The second-order valence-electron chi connectivity index (χ2n) is 11.1. The average molecular weight is 563 g/mol. The van der Waals surface area contributed by atoms with Crippen molar-refractivity contribution >= 4 is 23.5 Å². The van der Waals surface area contributed by atoms with Crippen molar-refractivity contribution in [2.75, 3.05) is 7.11 Å². The first-order valence-electron chi connectivity index (χ1n) is 13.0. The number of benzene rings is 1. The fourth-order valence-corrected chi connectivity index (χ4v) is 6.36.